The summed E-state index contributed by atoms with van der Waals surface area (Å²) in [6.45, 7) is 1.95. The predicted molar refractivity (Wildman–Crippen MR) is 95.3 cm³/mol. The van der Waals surface area contributed by atoms with E-state index in [1.165, 1.54) is 0 Å². The van der Waals surface area contributed by atoms with Gasteiger partial charge in [0.15, 0.2) is 10.4 Å². The lowest BCUT2D eigenvalue weighted by molar-refractivity contribution is -0.150. The van der Waals surface area contributed by atoms with Crippen molar-refractivity contribution in [3.05, 3.63) is 30.0 Å². The average molecular weight is 479 g/mol. The molecule has 2 aromatic rings. The van der Waals surface area contributed by atoms with E-state index in [4.69, 9.17) is 9.26 Å². The smallest absolute Gasteiger partial charge is 0.326 e. The van der Waals surface area contributed by atoms with Crippen molar-refractivity contribution in [1.82, 2.24) is 10.1 Å². The number of hydrogen-bond acceptors (Lipinski definition) is 5. The molecule has 1 saturated heterocycles. The van der Waals surface area contributed by atoms with Crippen molar-refractivity contribution in [3.8, 4) is 0 Å². The van der Waals surface area contributed by atoms with Crippen LogP contribution < -0.4 is 0 Å². The molecule has 0 spiro atoms. The summed E-state index contributed by atoms with van der Waals surface area (Å²) in [5, 5.41) is 4.84. The quantitative estimate of drug-likeness (QED) is 0.290. The fraction of sp³-hybridized carbons (Fsp3) is 0.467. The number of halogens is 2. The number of ether oxygens (including phenoxy) is 1. The fourth-order valence-electron chi connectivity index (χ4n) is 2.57. The van der Waals surface area contributed by atoms with Crippen LogP contribution in [0.5, 0.6) is 0 Å². The molecule has 7 heteroatoms. The van der Waals surface area contributed by atoms with Gasteiger partial charge in [0.05, 0.1) is 4.55 Å². The number of piperidine rings is 1. The zero-order chi connectivity index (χ0) is 15.5. The summed E-state index contributed by atoms with van der Waals surface area (Å²) < 4.78 is 11.9. The van der Waals surface area contributed by atoms with Crippen LogP contribution >= 0.6 is 38.5 Å². The standard InChI is InChI=1S/C15H16BrIN2O3/c16-13(14-11-3-1-2-4-12(11)22-18-14)15(20)21-10-5-7-19(9-17)8-6-10/h1-4,10,13H,5-9H2. The first kappa shape index (κ1) is 16.2. The van der Waals surface area contributed by atoms with Crippen LogP contribution in [0.2, 0.25) is 0 Å². The molecule has 1 aliphatic rings. The molecule has 1 fully saturated rings. The number of nitrogens with zero attached hydrogens (tertiary/aromatic N) is 2. The molecule has 5 nitrogen and oxygen atoms in total. The third kappa shape index (κ3) is 3.46. The number of fused-ring (bicyclic) bond motifs is 1. The van der Waals surface area contributed by atoms with E-state index < -0.39 is 4.83 Å². The lowest BCUT2D eigenvalue weighted by atomic mass is 10.1. The molecule has 1 aromatic heterocycles. The van der Waals surface area contributed by atoms with Crippen LogP contribution in [0.1, 0.15) is 23.4 Å². The minimum atomic E-state index is -0.598. The summed E-state index contributed by atoms with van der Waals surface area (Å²) in [5.74, 6) is -0.299. The molecule has 0 amide bonds. The number of hydrogen-bond donors (Lipinski definition) is 0. The highest BCUT2D eigenvalue weighted by atomic mass is 127. The minimum Gasteiger partial charge on any atom is -0.461 e. The third-order valence-electron chi connectivity index (χ3n) is 3.84. The molecule has 0 saturated carbocycles. The molecule has 0 aliphatic carbocycles. The Hall–Kier alpha value is -0.670. The second kappa shape index (κ2) is 7.27. The van der Waals surface area contributed by atoms with Gasteiger partial charge in [0.1, 0.15) is 11.8 Å². The van der Waals surface area contributed by atoms with Gasteiger partial charge in [-0.25, -0.2) is 0 Å². The summed E-state index contributed by atoms with van der Waals surface area (Å²) in [5.41, 5.74) is 1.25. The van der Waals surface area contributed by atoms with Crippen molar-refractivity contribution in [1.29, 1.82) is 0 Å². The van der Waals surface area contributed by atoms with Gasteiger partial charge >= 0.3 is 5.97 Å². The highest BCUT2D eigenvalue weighted by Gasteiger charge is 2.29. The molecule has 3 rings (SSSR count). The second-order valence-corrected chi connectivity index (χ2v) is 6.90. The molecule has 22 heavy (non-hydrogen) atoms. The molecule has 1 unspecified atom stereocenters. The zero-order valence-corrected chi connectivity index (χ0v) is 15.6. The number of rotatable bonds is 4. The van der Waals surface area contributed by atoms with E-state index in [1.807, 2.05) is 24.3 Å². The van der Waals surface area contributed by atoms with Crippen molar-refractivity contribution >= 4 is 55.5 Å². The van der Waals surface area contributed by atoms with E-state index >= 15 is 0 Å². The average Bonchev–Trinajstić information content (AvgIpc) is 2.99. The normalized spacial score (nSPS) is 18.5. The van der Waals surface area contributed by atoms with Crippen molar-refractivity contribution in [3.63, 3.8) is 0 Å². The Morgan fingerprint density at radius 1 is 1.45 bits per heavy atom. The number of carbonyl (C=O) groups excluding carboxylic acids is 1. The fourth-order valence-corrected chi connectivity index (χ4v) is 3.69. The molecule has 0 radical (unpaired) electrons. The molecule has 1 aliphatic heterocycles. The topological polar surface area (TPSA) is 55.6 Å². The van der Waals surface area contributed by atoms with Crippen LogP contribution in [0.15, 0.2) is 28.8 Å². The molecule has 2 heterocycles. The van der Waals surface area contributed by atoms with E-state index in [-0.39, 0.29) is 12.1 Å². The molecule has 0 bridgehead atoms. The summed E-state index contributed by atoms with van der Waals surface area (Å²) in [7, 11) is 0. The maximum Gasteiger partial charge on any atom is 0.326 e. The Kier molecular flexibility index (Phi) is 5.35. The number of carbonyl (C=O) groups is 1. The first-order chi connectivity index (χ1) is 10.7. The molecular formula is C15H16BrIN2O3. The van der Waals surface area contributed by atoms with Crippen LogP contribution in [-0.4, -0.2) is 39.8 Å². The first-order valence-corrected chi connectivity index (χ1v) is 9.60. The van der Waals surface area contributed by atoms with E-state index in [0.29, 0.717) is 11.3 Å². The van der Waals surface area contributed by atoms with Gasteiger partial charge in [-0.3, -0.25) is 9.69 Å². The lowest BCUT2D eigenvalue weighted by Crippen LogP contribution is -2.37. The summed E-state index contributed by atoms with van der Waals surface area (Å²) in [4.78, 5) is 14.1. The van der Waals surface area contributed by atoms with Gasteiger partial charge in [-0.15, -0.1) is 0 Å². The van der Waals surface area contributed by atoms with Gasteiger partial charge < -0.3 is 9.26 Å². The van der Waals surface area contributed by atoms with Crippen LogP contribution in [0.25, 0.3) is 11.0 Å². The SMILES string of the molecule is O=C(OC1CCN(CI)CC1)C(Br)c1noc2ccccc12. The monoisotopic (exact) mass is 478 g/mol. The van der Waals surface area contributed by atoms with Crippen LogP contribution in [0, 0.1) is 0 Å². The number of aromatic nitrogens is 1. The van der Waals surface area contributed by atoms with Crippen molar-refractivity contribution < 1.29 is 14.1 Å². The van der Waals surface area contributed by atoms with E-state index in [9.17, 15) is 4.79 Å². The predicted octanol–water partition coefficient (Wildman–Crippen LogP) is 3.66. The number of benzene rings is 1. The highest BCUT2D eigenvalue weighted by molar-refractivity contribution is 14.1. The molecule has 1 atom stereocenters. The van der Waals surface area contributed by atoms with Crippen molar-refractivity contribution in [2.45, 2.75) is 23.8 Å². The maximum absolute atomic E-state index is 12.3. The lowest BCUT2D eigenvalue weighted by Gasteiger charge is -2.30. The Morgan fingerprint density at radius 2 is 2.18 bits per heavy atom. The van der Waals surface area contributed by atoms with E-state index in [2.05, 4.69) is 48.6 Å². The second-order valence-electron chi connectivity index (χ2n) is 5.30. The molecule has 0 N–H and O–H groups in total. The number of esters is 1. The summed E-state index contributed by atoms with van der Waals surface area (Å²) in [6.07, 6.45) is 1.76. The van der Waals surface area contributed by atoms with Gasteiger partial charge in [0, 0.05) is 18.5 Å². The maximum atomic E-state index is 12.3. The Bertz CT molecular complexity index is 655. The van der Waals surface area contributed by atoms with E-state index in [1.54, 1.807) is 0 Å². The molecular weight excluding hydrogens is 463 g/mol. The van der Waals surface area contributed by atoms with Crippen LogP contribution in [0.3, 0.4) is 0 Å². The Labute approximate surface area is 150 Å². The summed E-state index contributed by atoms with van der Waals surface area (Å²) in [6, 6.07) is 7.49. The minimum absolute atomic E-state index is 0.00934. The first-order valence-electron chi connectivity index (χ1n) is 7.16. The number of para-hydroxylation sites is 1. The number of likely N-dealkylation sites (tertiary alicyclic amines) is 1. The highest BCUT2D eigenvalue weighted by Crippen LogP contribution is 2.31. The third-order valence-corrected chi connectivity index (χ3v) is 5.61. The van der Waals surface area contributed by atoms with Crippen molar-refractivity contribution in [2.24, 2.45) is 0 Å². The Morgan fingerprint density at radius 3 is 2.91 bits per heavy atom. The molecule has 1 aromatic carbocycles. The van der Waals surface area contributed by atoms with E-state index in [0.717, 1.165) is 35.9 Å². The van der Waals surface area contributed by atoms with Gasteiger partial charge in [0.25, 0.3) is 0 Å². The summed E-state index contributed by atoms with van der Waals surface area (Å²) >= 11 is 5.75. The van der Waals surface area contributed by atoms with Crippen LogP contribution in [-0.2, 0) is 9.53 Å². The van der Waals surface area contributed by atoms with Crippen molar-refractivity contribution in [2.75, 3.05) is 17.6 Å². The van der Waals surface area contributed by atoms with Gasteiger partial charge in [0.2, 0.25) is 0 Å². The Balaban J connectivity index is 1.65. The van der Waals surface area contributed by atoms with Gasteiger partial charge in [-0.2, -0.15) is 0 Å². The molecule has 118 valence electrons. The van der Waals surface area contributed by atoms with Gasteiger partial charge in [-0.1, -0.05) is 55.8 Å². The zero-order valence-electron chi connectivity index (χ0n) is 11.9. The number of alkyl halides is 2. The van der Waals surface area contributed by atoms with Gasteiger partial charge in [-0.05, 0) is 25.0 Å². The van der Waals surface area contributed by atoms with Crippen LogP contribution in [0.4, 0.5) is 0 Å². The largest absolute Gasteiger partial charge is 0.461 e.